The summed E-state index contributed by atoms with van der Waals surface area (Å²) in [7, 11) is 0. The molecule has 0 aromatic heterocycles. The van der Waals surface area contributed by atoms with Crippen LogP contribution < -0.4 is 5.32 Å². The molecule has 0 amide bonds. The molecule has 2 rings (SSSR count). The van der Waals surface area contributed by atoms with Crippen molar-refractivity contribution < 1.29 is 9.50 Å². The van der Waals surface area contributed by atoms with Crippen molar-refractivity contribution in [3.05, 3.63) is 35.6 Å². The first kappa shape index (κ1) is 13.5. The molecule has 3 heteroatoms. The third-order valence-electron chi connectivity index (χ3n) is 3.79. The summed E-state index contributed by atoms with van der Waals surface area (Å²) >= 11 is 0. The van der Waals surface area contributed by atoms with Gasteiger partial charge in [0, 0.05) is 12.1 Å². The summed E-state index contributed by atoms with van der Waals surface area (Å²) in [6.07, 6.45) is 3.10. The maximum absolute atomic E-state index is 12.8. The maximum Gasteiger partial charge on any atom is 0.123 e. The van der Waals surface area contributed by atoms with Gasteiger partial charge in [0.2, 0.25) is 0 Å². The van der Waals surface area contributed by atoms with E-state index < -0.39 is 6.10 Å². The molecule has 18 heavy (non-hydrogen) atoms. The van der Waals surface area contributed by atoms with E-state index in [1.807, 2.05) is 6.92 Å². The molecule has 0 radical (unpaired) electrons. The Labute approximate surface area is 108 Å². The summed E-state index contributed by atoms with van der Waals surface area (Å²) in [5.41, 5.74) is 0.766. The van der Waals surface area contributed by atoms with Crippen molar-refractivity contribution in [2.45, 2.75) is 51.3 Å². The maximum atomic E-state index is 12.8. The summed E-state index contributed by atoms with van der Waals surface area (Å²) in [6, 6.07) is 6.57. The fourth-order valence-electron chi connectivity index (χ4n) is 2.46. The van der Waals surface area contributed by atoms with E-state index in [1.54, 1.807) is 12.1 Å². The second kappa shape index (κ2) is 5.81. The van der Waals surface area contributed by atoms with Crippen molar-refractivity contribution in [1.82, 2.24) is 5.32 Å². The zero-order chi connectivity index (χ0) is 13.1. The molecule has 0 bridgehead atoms. The van der Waals surface area contributed by atoms with Gasteiger partial charge >= 0.3 is 0 Å². The van der Waals surface area contributed by atoms with Gasteiger partial charge < -0.3 is 10.4 Å². The van der Waals surface area contributed by atoms with Crippen molar-refractivity contribution in [1.29, 1.82) is 0 Å². The number of benzene rings is 1. The van der Waals surface area contributed by atoms with Crippen molar-refractivity contribution in [3.63, 3.8) is 0 Å². The number of hydrogen-bond acceptors (Lipinski definition) is 2. The lowest BCUT2D eigenvalue weighted by Crippen LogP contribution is -2.41. The van der Waals surface area contributed by atoms with Gasteiger partial charge in [0.15, 0.2) is 0 Å². The highest BCUT2D eigenvalue weighted by Crippen LogP contribution is 2.34. The van der Waals surface area contributed by atoms with Gasteiger partial charge in [-0.3, -0.25) is 0 Å². The lowest BCUT2D eigenvalue weighted by atomic mass is 10.0. The van der Waals surface area contributed by atoms with Crippen molar-refractivity contribution in [3.8, 4) is 0 Å². The predicted molar refractivity (Wildman–Crippen MR) is 70.8 cm³/mol. The van der Waals surface area contributed by atoms with E-state index >= 15 is 0 Å². The van der Waals surface area contributed by atoms with E-state index in [9.17, 15) is 9.50 Å². The van der Waals surface area contributed by atoms with Crippen LogP contribution in [-0.4, -0.2) is 17.2 Å². The lowest BCUT2D eigenvalue weighted by Gasteiger charge is -2.26. The third-order valence-corrected chi connectivity index (χ3v) is 3.79. The summed E-state index contributed by atoms with van der Waals surface area (Å²) in [6.45, 7) is 4.16. The quantitative estimate of drug-likeness (QED) is 0.814. The molecular weight excluding hydrogens is 229 g/mol. The van der Waals surface area contributed by atoms with Crippen molar-refractivity contribution in [2.75, 3.05) is 0 Å². The Morgan fingerprint density at radius 2 is 1.94 bits per heavy atom. The molecule has 0 spiro atoms. The largest absolute Gasteiger partial charge is 0.387 e. The lowest BCUT2D eigenvalue weighted by molar-refractivity contribution is 0.126. The van der Waals surface area contributed by atoms with Crippen LogP contribution in [0.2, 0.25) is 0 Å². The van der Waals surface area contributed by atoms with E-state index in [4.69, 9.17) is 0 Å². The van der Waals surface area contributed by atoms with E-state index in [2.05, 4.69) is 12.2 Å². The molecule has 3 atom stereocenters. The minimum Gasteiger partial charge on any atom is -0.387 e. The fraction of sp³-hybridized carbons (Fsp3) is 0.600. The van der Waals surface area contributed by atoms with Crippen LogP contribution in [0.5, 0.6) is 0 Å². The molecule has 1 aliphatic rings. The smallest absolute Gasteiger partial charge is 0.123 e. The second-order valence-corrected chi connectivity index (χ2v) is 5.30. The molecule has 1 fully saturated rings. The van der Waals surface area contributed by atoms with Gasteiger partial charge in [-0.05, 0) is 49.8 Å². The van der Waals surface area contributed by atoms with E-state index in [-0.39, 0.29) is 11.9 Å². The van der Waals surface area contributed by atoms with Crippen LogP contribution in [0.1, 0.15) is 44.8 Å². The van der Waals surface area contributed by atoms with Gasteiger partial charge in [-0.1, -0.05) is 19.1 Å². The topological polar surface area (TPSA) is 32.3 Å². The predicted octanol–water partition coefficient (Wildman–Crippen LogP) is 3.03. The molecule has 2 N–H and O–H groups in total. The zero-order valence-electron chi connectivity index (χ0n) is 11.1. The number of aliphatic hydroxyl groups is 1. The molecule has 0 heterocycles. The highest BCUT2D eigenvalue weighted by molar-refractivity contribution is 5.19. The highest BCUT2D eigenvalue weighted by Gasteiger charge is 2.31. The van der Waals surface area contributed by atoms with Gasteiger partial charge in [-0.25, -0.2) is 4.39 Å². The molecule has 1 aliphatic carbocycles. The van der Waals surface area contributed by atoms with E-state index in [0.29, 0.717) is 6.04 Å². The molecule has 0 aliphatic heterocycles. The van der Waals surface area contributed by atoms with Crippen LogP contribution in [0.4, 0.5) is 4.39 Å². The molecule has 1 aromatic rings. The molecule has 0 saturated heterocycles. The standard InChI is InChI=1S/C15H22FNO/c1-3-14(11-4-5-11)17-10(2)15(18)12-6-8-13(16)9-7-12/h6-11,14-15,17-18H,3-5H2,1-2H3. The van der Waals surface area contributed by atoms with Crippen LogP contribution >= 0.6 is 0 Å². The monoisotopic (exact) mass is 251 g/mol. The normalized spacial score (nSPS) is 20.4. The van der Waals surface area contributed by atoms with Gasteiger partial charge in [-0.2, -0.15) is 0 Å². The molecule has 2 nitrogen and oxygen atoms in total. The van der Waals surface area contributed by atoms with Gasteiger partial charge in [0.05, 0.1) is 6.10 Å². The van der Waals surface area contributed by atoms with Crippen LogP contribution in [0, 0.1) is 11.7 Å². The summed E-state index contributed by atoms with van der Waals surface area (Å²) in [4.78, 5) is 0. The van der Waals surface area contributed by atoms with Crippen LogP contribution in [0.15, 0.2) is 24.3 Å². The van der Waals surface area contributed by atoms with Crippen LogP contribution in [0.3, 0.4) is 0 Å². The number of hydrogen-bond donors (Lipinski definition) is 2. The Balaban J connectivity index is 1.94. The Kier molecular flexibility index (Phi) is 4.36. The SMILES string of the molecule is CCC(NC(C)C(O)c1ccc(F)cc1)C1CC1. The number of aliphatic hydroxyl groups excluding tert-OH is 1. The van der Waals surface area contributed by atoms with Gasteiger partial charge in [-0.15, -0.1) is 0 Å². The summed E-state index contributed by atoms with van der Waals surface area (Å²) in [5, 5.41) is 13.7. The molecular formula is C15H22FNO. The minimum atomic E-state index is -0.585. The van der Waals surface area contributed by atoms with E-state index in [0.717, 1.165) is 17.9 Å². The van der Waals surface area contributed by atoms with Gasteiger partial charge in [0.1, 0.15) is 5.82 Å². The summed E-state index contributed by atoms with van der Waals surface area (Å²) in [5.74, 6) is 0.508. The summed E-state index contributed by atoms with van der Waals surface area (Å²) < 4.78 is 12.8. The Morgan fingerprint density at radius 3 is 2.44 bits per heavy atom. The Hall–Kier alpha value is -0.930. The number of halogens is 1. The van der Waals surface area contributed by atoms with Crippen LogP contribution in [0.25, 0.3) is 0 Å². The van der Waals surface area contributed by atoms with Crippen LogP contribution in [-0.2, 0) is 0 Å². The average molecular weight is 251 g/mol. The first-order valence-corrected chi connectivity index (χ1v) is 6.81. The first-order chi connectivity index (χ1) is 8.61. The first-order valence-electron chi connectivity index (χ1n) is 6.81. The molecule has 100 valence electrons. The fourth-order valence-corrected chi connectivity index (χ4v) is 2.46. The number of rotatable bonds is 6. The molecule has 3 unspecified atom stereocenters. The van der Waals surface area contributed by atoms with E-state index in [1.165, 1.54) is 25.0 Å². The minimum absolute atomic E-state index is 0.0130. The average Bonchev–Trinajstić information content (AvgIpc) is 3.20. The van der Waals surface area contributed by atoms with Gasteiger partial charge in [0.25, 0.3) is 0 Å². The Bertz CT molecular complexity index is 375. The molecule has 1 aromatic carbocycles. The van der Waals surface area contributed by atoms with Crippen molar-refractivity contribution >= 4 is 0 Å². The molecule has 1 saturated carbocycles. The second-order valence-electron chi connectivity index (χ2n) is 5.30. The zero-order valence-corrected chi connectivity index (χ0v) is 11.1. The number of nitrogens with one attached hydrogen (secondary N) is 1. The Morgan fingerprint density at radius 1 is 1.33 bits per heavy atom. The van der Waals surface area contributed by atoms with Crippen molar-refractivity contribution in [2.24, 2.45) is 5.92 Å². The third kappa shape index (κ3) is 3.30. The highest BCUT2D eigenvalue weighted by atomic mass is 19.1.